The first-order valence-electron chi connectivity index (χ1n) is 15.0. The summed E-state index contributed by atoms with van der Waals surface area (Å²) in [5.41, 5.74) is 3.81. The van der Waals surface area contributed by atoms with Crippen molar-refractivity contribution in [1.82, 2.24) is 37.1 Å². The van der Waals surface area contributed by atoms with E-state index in [1.165, 1.54) is 18.2 Å². The summed E-state index contributed by atoms with van der Waals surface area (Å²) in [6.45, 7) is 11.2. The van der Waals surface area contributed by atoms with Gasteiger partial charge in [0, 0.05) is 0 Å². The highest BCUT2D eigenvalue weighted by Crippen LogP contribution is 2.11. The average molecular weight is 620 g/mol. The molecule has 10 N–H and O–H groups in total. The van der Waals surface area contributed by atoms with E-state index in [-0.39, 0.29) is 36.1 Å². The summed E-state index contributed by atoms with van der Waals surface area (Å²) < 4.78 is 0. The minimum atomic E-state index is -0.993. The summed E-state index contributed by atoms with van der Waals surface area (Å²) >= 11 is 0. The molecule has 0 aliphatic heterocycles. The Labute approximate surface area is 258 Å². The van der Waals surface area contributed by atoms with Gasteiger partial charge in [0.25, 0.3) is 23.6 Å². The number of aromatic nitrogens is 1. The molecule has 0 aliphatic carbocycles. The van der Waals surface area contributed by atoms with E-state index in [0.29, 0.717) is 25.7 Å². The standard InChI is InChI=1S/C29H49N9O6/c1-7-10-18(28(43)37-30)33-26(41)22(14-16(3)4)35-24(39)20-12-9-13-21(32-20)25(40)36-23(15-17(5)6)27(42)34-19(11-8-2)29(44)38-31/h9,12-13,16-19,22-23H,7-8,10-11,14-15,30-31H2,1-6H3,(H,33,41)(H,34,42)(H,35,39)(H,36,40)(H,37,43)(H,38,44)/t18?,19?,22-,23+. The van der Waals surface area contributed by atoms with Crippen molar-refractivity contribution >= 4 is 35.4 Å². The lowest BCUT2D eigenvalue weighted by atomic mass is 10.0. The van der Waals surface area contributed by atoms with Crippen molar-refractivity contribution in [2.45, 2.75) is 104 Å². The Morgan fingerprint density at radius 1 is 0.614 bits per heavy atom. The molecule has 2 unspecified atom stereocenters. The first-order valence-corrected chi connectivity index (χ1v) is 15.0. The number of amides is 6. The molecule has 0 aliphatic rings. The molecule has 15 nitrogen and oxygen atoms in total. The number of hydrogen-bond acceptors (Lipinski definition) is 9. The summed E-state index contributed by atoms with van der Waals surface area (Å²) in [7, 11) is 0. The number of hydrazine groups is 2. The highest BCUT2D eigenvalue weighted by molar-refractivity contribution is 6.00. The Morgan fingerprint density at radius 2 is 0.977 bits per heavy atom. The molecule has 1 heterocycles. The minimum Gasteiger partial charge on any atom is -0.342 e. The summed E-state index contributed by atoms with van der Waals surface area (Å²) in [5, 5.41) is 10.6. The minimum absolute atomic E-state index is 0.0148. The van der Waals surface area contributed by atoms with E-state index in [1.807, 2.05) is 52.4 Å². The molecule has 1 aromatic heterocycles. The van der Waals surface area contributed by atoms with Crippen LogP contribution in [0.2, 0.25) is 0 Å². The molecule has 0 saturated carbocycles. The smallest absolute Gasteiger partial charge is 0.270 e. The number of carbonyl (C=O) groups excluding carboxylic acids is 6. The van der Waals surface area contributed by atoms with Gasteiger partial charge in [-0.15, -0.1) is 0 Å². The average Bonchev–Trinajstić information content (AvgIpc) is 2.98. The van der Waals surface area contributed by atoms with Crippen molar-refractivity contribution in [2.24, 2.45) is 23.5 Å². The van der Waals surface area contributed by atoms with Crippen LogP contribution in [0.5, 0.6) is 0 Å². The molecular weight excluding hydrogens is 570 g/mol. The highest BCUT2D eigenvalue weighted by atomic mass is 16.2. The lowest BCUT2D eigenvalue weighted by Crippen LogP contribution is -2.55. The number of nitrogens with one attached hydrogen (secondary N) is 6. The second kappa shape index (κ2) is 19.2. The van der Waals surface area contributed by atoms with E-state index in [2.05, 4.69) is 26.3 Å². The topological polar surface area (TPSA) is 240 Å². The van der Waals surface area contributed by atoms with Crippen LogP contribution in [0.4, 0.5) is 0 Å². The molecule has 1 rings (SSSR count). The van der Waals surface area contributed by atoms with Crippen molar-refractivity contribution in [2.75, 3.05) is 0 Å². The quantitative estimate of drug-likeness (QED) is 0.0622. The van der Waals surface area contributed by atoms with Gasteiger partial charge in [-0.2, -0.15) is 0 Å². The molecule has 6 amide bonds. The van der Waals surface area contributed by atoms with Crippen LogP contribution >= 0.6 is 0 Å². The first-order chi connectivity index (χ1) is 20.8. The molecule has 246 valence electrons. The second-order valence-corrected chi connectivity index (χ2v) is 11.4. The van der Waals surface area contributed by atoms with Gasteiger partial charge < -0.3 is 21.3 Å². The van der Waals surface area contributed by atoms with Gasteiger partial charge in [-0.1, -0.05) is 60.5 Å². The Bertz CT molecular complexity index is 1060. The molecule has 0 radical (unpaired) electrons. The number of nitrogens with zero attached hydrogens (tertiary/aromatic N) is 1. The Hall–Kier alpha value is -4.11. The SMILES string of the molecule is CCCC(NC(=O)[C@H](CC(C)C)NC(=O)c1cccc(C(=O)N[C@H](CC(C)C)C(=O)NC(CCC)C(=O)NN)n1)C(=O)NN. The normalized spacial score (nSPS) is 13.7. The van der Waals surface area contributed by atoms with Gasteiger partial charge in [-0.25, -0.2) is 16.7 Å². The number of nitrogens with two attached hydrogens (primary N) is 2. The largest absolute Gasteiger partial charge is 0.342 e. The molecule has 0 aromatic carbocycles. The molecular formula is C29H49N9O6. The molecule has 0 saturated heterocycles. The highest BCUT2D eigenvalue weighted by Gasteiger charge is 2.29. The zero-order valence-electron chi connectivity index (χ0n) is 26.5. The summed E-state index contributed by atoms with van der Waals surface area (Å²) in [5.74, 6) is 6.89. The zero-order chi connectivity index (χ0) is 33.4. The number of pyridine rings is 1. The fourth-order valence-electron chi connectivity index (χ4n) is 4.42. The maximum Gasteiger partial charge on any atom is 0.270 e. The number of hydrogen-bond donors (Lipinski definition) is 8. The van der Waals surface area contributed by atoms with Crippen LogP contribution in [0.3, 0.4) is 0 Å². The number of rotatable bonds is 18. The maximum absolute atomic E-state index is 13.2. The molecule has 1 aromatic rings. The molecule has 0 fully saturated rings. The monoisotopic (exact) mass is 619 g/mol. The Morgan fingerprint density at radius 3 is 1.27 bits per heavy atom. The van der Waals surface area contributed by atoms with Crippen LogP contribution < -0.4 is 43.8 Å². The zero-order valence-corrected chi connectivity index (χ0v) is 26.5. The molecule has 4 atom stereocenters. The van der Waals surface area contributed by atoms with Crippen LogP contribution in [-0.4, -0.2) is 64.6 Å². The fraction of sp³-hybridized carbons (Fsp3) is 0.621. The Balaban J connectivity index is 3.13. The van der Waals surface area contributed by atoms with E-state index in [1.54, 1.807) is 0 Å². The van der Waals surface area contributed by atoms with E-state index >= 15 is 0 Å². The third-order valence-corrected chi connectivity index (χ3v) is 6.58. The fourth-order valence-corrected chi connectivity index (χ4v) is 4.42. The van der Waals surface area contributed by atoms with E-state index in [4.69, 9.17) is 11.7 Å². The first kappa shape index (κ1) is 37.9. The van der Waals surface area contributed by atoms with E-state index in [0.717, 1.165) is 0 Å². The van der Waals surface area contributed by atoms with Crippen LogP contribution in [-0.2, 0) is 19.2 Å². The molecule has 44 heavy (non-hydrogen) atoms. The molecule has 0 bridgehead atoms. The van der Waals surface area contributed by atoms with Gasteiger partial charge in [0.15, 0.2) is 0 Å². The van der Waals surface area contributed by atoms with Crippen molar-refractivity contribution < 1.29 is 28.8 Å². The third kappa shape index (κ3) is 12.6. The van der Waals surface area contributed by atoms with E-state index in [9.17, 15) is 28.8 Å². The van der Waals surface area contributed by atoms with E-state index < -0.39 is 59.6 Å². The van der Waals surface area contributed by atoms with Gasteiger partial charge in [0.2, 0.25) is 11.8 Å². The van der Waals surface area contributed by atoms with Gasteiger partial charge in [-0.3, -0.25) is 39.6 Å². The van der Waals surface area contributed by atoms with Gasteiger partial charge in [0.05, 0.1) is 0 Å². The van der Waals surface area contributed by atoms with Crippen LogP contribution in [0.1, 0.15) is 101 Å². The lowest BCUT2D eigenvalue weighted by Gasteiger charge is -2.24. The summed E-state index contributed by atoms with van der Waals surface area (Å²) in [6.07, 6.45) is 2.47. The van der Waals surface area contributed by atoms with Crippen LogP contribution in [0.25, 0.3) is 0 Å². The van der Waals surface area contributed by atoms with Gasteiger partial charge in [0.1, 0.15) is 35.6 Å². The Kier molecular flexibility index (Phi) is 16.6. The van der Waals surface area contributed by atoms with Crippen molar-refractivity contribution in [3.05, 3.63) is 29.6 Å². The number of carbonyl (C=O) groups is 6. The van der Waals surface area contributed by atoms with Crippen LogP contribution in [0.15, 0.2) is 18.2 Å². The maximum atomic E-state index is 13.2. The van der Waals surface area contributed by atoms with Crippen LogP contribution in [0, 0.1) is 11.8 Å². The van der Waals surface area contributed by atoms with Gasteiger partial charge >= 0.3 is 0 Å². The van der Waals surface area contributed by atoms with Crippen molar-refractivity contribution in [1.29, 1.82) is 0 Å². The van der Waals surface area contributed by atoms with Crippen molar-refractivity contribution in [3.63, 3.8) is 0 Å². The second-order valence-electron chi connectivity index (χ2n) is 11.4. The third-order valence-electron chi connectivity index (χ3n) is 6.58. The lowest BCUT2D eigenvalue weighted by molar-refractivity contribution is -0.130. The molecule has 0 spiro atoms. The van der Waals surface area contributed by atoms with Crippen molar-refractivity contribution in [3.8, 4) is 0 Å². The predicted octanol–water partition coefficient (Wildman–Crippen LogP) is -0.0798. The van der Waals surface area contributed by atoms with Gasteiger partial charge in [-0.05, 0) is 49.7 Å². The predicted molar refractivity (Wildman–Crippen MR) is 164 cm³/mol. The summed E-state index contributed by atoms with van der Waals surface area (Å²) in [4.78, 5) is 80.9. The molecule has 15 heteroatoms. The summed E-state index contributed by atoms with van der Waals surface area (Å²) in [6, 6.07) is 0.506.